The maximum atomic E-state index is 13.9. The van der Waals surface area contributed by atoms with Crippen LogP contribution in [-0.2, 0) is 28.2 Å². The first-order chi connectivity index (χ1) is 20.4. The van der Waals surface area contributed by atoms with Crippen molar-refractivity contribution < 1.29 is 23.5 Å². The number of likely N-dealkylation sites (tertiary alicyclic amines) is 1. The van der Waals surface area contributed by atoms with Gasteiger partial charge in [-0.3, -0.25) is 9.69 Å². The van der Waals surface area contributed by atoms with E-state index in [1.54, 1.807) is 6.07 Å². The number of rotatable bonds is 5. The fourth-order valence-electron chi connectivity index (χ4n) is 6.66. The fourth-order valence-corrected chi connectivity index (χ4v) is 6.83. The second-order valence-electron chi connectivity index (χ2n) is 11.4. The molecule has 1 amide bonds. The molecule has 9 heteroatoms. The molecule has 0 aliphatic carbocycles. The monoisotopic (exact) mass is 587 g/mol. The van der Waals surface area contributed by atoms with Crippen LogP contribution < -0.4 is 0 Å². The Morgan fingerprint density at radius 1 is 1.02 bits per heavy atom. The number of carbonyl (C=O) groups excluding carboxylic acids is 2. The van der Waals surface area contributed by atoms with Gasteiger partial charge >= 0.3 is 5.97 Å². The maximum absolute atomic E-state index is 13.9. The molecule has 216 valence electrons. The minimum absolute atomic E-state index is 0.0307. The molecule has 7 rings (SSSR count). The predicted octanol–water partition coefficient (Wildman–Crippen LogP) is 5.64. The van der Waals surface area contributed by atoms with Gasteiger partial charge in [0.25, 0.3) is 5.91 Å². The highest BCUT2D eigenvalue weighted by Gasteiger charge is 2.48. The quantitative estimate of drug-likeness (QED) is 0.283. The van der Waals surface area contributed by atoms with E-state index in [1.807, 2.05) is 35.4 Å². The summed E-state index contributed by atoms with van der Waals surface area (Å²) in [6.07, 6.45) is 2.80. The first kappa shape index (κ1) is 27.1. The normalized spacial score (nSPS) is 20.2. The Labute approximate surface area is 248 Å². The molecule has 3 aromatic carbocycles. The molecule has 2 saturated heterocycles. The standard InChI is InChI=1S/C33H31ClFN3O4/c34-23-6-8-26-28(31(39)37-12-10-33(11-13-37)29-9-7-24(35)17-27(29)32(40)42-33)21-38(30(26)16-23)20-25-19-36(14-15-41-25)18-22-4-2-1-3-5-22/h1-9,16-17,21,25H,10-15,18-20H2/t25-/m1/s1. The zero-order chi connectivity index (χ0) is 28.8. The summed E-state index contributed by atoms with van der Waals surface area (Å²) in [4.78, 5) is 30.6. The van der Waals surface area contributed by atoms with Crippen molar-refractivity contribution in [2.45, 2.75) is 37.6 Å². The highest BCUT2D eigenvalue weighted by molar-refractivity contribution is 6.31. The molecule has 0 N–H and O–H groups in total. The van der Waals surface area contributed by atoms with Crippen molar-refractivity contribution in [2.24, 2.45) is 0 Å². The molecule has 0 unspecified atom stereocenters. The van der Waals surface area contributed by atoms with Crippen LogP contribution in [-0.4, -0.2) is 65.1 Å². The lowest BCUT2D eigenvalue weighted by atomic mass is 9.83. The van der Waals surface area contributed by atoms with Gasteiger partial charge in [-0.25, -0.2) is 9.18 Å². The summed E-state index contributed by atoms with van der Waals surface area (Å²) in [5.41, 5.74) is 2.95. The summed E-state index contributed by atoms with van der Waals surface area (Å²) in [6, 6.07) is 20.3. The molecule has 4 heterocycles. The molecule has 3 aliphatic rings. The summed E-state index contributed by atoms with van der Waals surface area (Å²) in [5, 5.41) is 1.45. The largest absolute Gasteiger partial charge is 0.450 e. The lowest BCUT2D eigenvalue weighted by Crippen LogP contribution is -2.45. The topological polar surface area (TPSA) is 64.0 Å². The molecule has 2 fully saturated rings. The van der Waals surface area contributed by atoms with Gasteiger partial charge in [-0.05, 0) is 29.8 Å². The van der Waals surface area contributed by atoms with Crippen LogP contribution in [0.1, 0.15) is 44.7 Å². The number of nitrogens with zero attached hydrogens (tertiary/aromatic N) is 3. The molecule has 1 atom stereocenters. The van der Waals surface area contributed by atoms with E-state index in [1.165, 1.54) is 17.7 Å². The Morgan fingerprint density at radius 2 is 1.83 bits per heavy atom. The molecule has 0 radical (unpaired) electrons. The maximum Gasteiger partial charge on any atom is 0.339 e. The SMILES string of the molecule is O=C1OC2(CCN(C(=O)c3cn(C[C@H]4CN(Cc5ccccc5)CCO4)c4cc(Cl)ccc34)CC2)c2ccc(F)cc21. The average Bonchev–Trinajstić information content (AvgIpc) is 3.47. The summed E-state index contributed by atoms with van der Waals surface area (Å²) in [5.74, 6) is -1.04. The third-order valence-electron chi connectivity index (χ3n) is 8.79. The van der Waals surface area contributed by atoms with Crippen molar-refractivity contribution in [1.29, 1.82) is 0 Å². The Hall–Kier alpha value is -3.72. The van der Waals surface area contributed by atoms with E-state index < -0.39 is 17.4 Å². The first-order valence-corrected chi connectivity index (χ1v) is 14.8. The number of aromatic nitrogens is 1. The minimum Gasteiger partial charge on any atom is -0.450 e. The van der Waals surface area contributed by atoms with Gasteiger partial charge in [0.2, 0.25) is 0 Å². The number of benzene rings is 3. The van der Waals surface area contributed by atoms with E-state index in [9.17, 15) is 14.0 Å². The fraction of sp³-hybridized carbons (Fsp3) is 0.333. The van der Waals surface area contributed by atoms with Crippen LogP contribution in [0.3, 0.4) is 0 Å². The van der Waals surface area contributed by atoms with Crippen LogP contribution in [0.25, 0.3) is 10.9 Å². The van der Waals surface area contributed by atoms with Gasteiger partial charge in [-0.1, -0.05) is 54.1 Å². The molecular weight excluding hydrogens is 557 g/mol. The van der Waals surface area contributed by atoms with E-state index in [2.05, 4.69) is 33.7 Å². The number of amides is 1. The van der Waals surface area contributed by atoms with Gasteiger partial charge < -0.3 is 18.9 Å². The number of esters is 1. The van der Waals surface area contributed by atoms with Crippen molar-refractivity contribution >= 4 is 34.4 Å². The molecule has 1 spiro atoms. The molecular formula is C33H31ClFN3O4. The lowest BCUT2D eigenvalue weighted by molar-refractivity contribution is -0.0394. The van der Waals surface area contributed by atoms with Gasteiger partial charge in [0.05, 0.1) is 35.9 Å². The number of ether oxygens (including phenoxy) is 2. The van der Waals surface area contributed by atoms with Crippen molar-refractivity contribution in [2.75, 3.05) is 32.8 Å². The molecule has 42 heavy (non-hydrogen) atoms. The Balaban J connectivity index is 1.09. The summed E-state index contributed by atoms with van der Waals surface area (Å²) < 4.78 is 27.8. The van der Waals surface area contributed by atoms with Crippen molar-refractivity contribution in [1.82, 2.24) is 14.4 Å². The molecule has 0 saturated carbocycles. The Kier molecular flexibility index (Phi) is 7.00. The third kappa shape index (κ3) is 4.97. The average molecular weight is 588 g/mol. The number of fused-ring (bicyclic) bond motifs is 3. The second-order valence-corrected chi connectivity index (χ2v) is 11.9. The van der Waals surface area contributed by atoms with Gasteiger partial charge in [-0.15, -0.1) is 0 Å². The van der Waals surface area contributed by atoms with Gasteiger partial charge in [-0.2, -0.15) is 0 Å². The van der Waals surface area contributed by atoms with E-state index in [4.69, 9.17) is 21.1 Å². The first-order valence-electron chi connectivity index (χ1n) is 14.4. The zero-order valence-electron chi connectivity index (χ0n) is 23.1. The number of hydrogen-bond donors (Lipinski definition) is 0. The second kappa shape index (κ2) is 10.8. The highest BCUT2D eigenvalue weighted by atomic mass is 35.5. The van der Waals surface area contributed by atoms with Gasteiger partial charge in [0.1, 0.15) is 11.4 Å². The van der Waals surface area contributed by atoms with Crippen LogP contribution in [0.5, 0.6) is 0 Å². The number of hydrogen-bond acceptors (Lipinski definition) is 5. The smallest absolute Gasteiger partial charge is 0.339 e. The van der Waals surface area contributed by atoms with Crippen LogP contribution >= 0.6 is 11.6 Å². The van der Waals surface area contributed by atoms with Gasteiger partial charge in [0.15, 0.2) is 0 Å². The minimum atomic E-state index is -0.817. The molecule has 7 nitrogen and oxygen atoms in total. The van der Waals surface area contributed by atoms with E-state index in [0.29, 0.717) is 55.2 Å². The number of carbonyl (C=O) groups is 2. The Morgan fingerprint density at radius 3 is 2.64 bits per heavy atom. The van der Waals surface area contributed by atoms with E-state index in [-0.39, 0.29) is 17.6 Å². The number of halogens is 2. The van der Waals surface area contributed by atoms with Crippen LogP contribution in [0.15, 0.2) is 72.9 Å². The van der Waals surface area contributed by atoms with E-state index >= 15 is 0 Å². The lowest BCUT2D eigenvalue weighted by Gasteiger charge is -2.38. The molecule has 1 aromatic heterocycles. The van der Waals surface area contributed by atoms with Crippen molar-refractivity contribution in [3.63, 3.8) is 0 Å². The summed E-state index contributed by atoms with van der Waals surface area (Å²) >= 11 is 6.40. The predicted molar refractivity (Wildman–Crippen MR) is 157 cm³/mol. The van der Waals surface area contributed by atoms with Crippen LogP contribution in [0.4, 0.5) is 4.39 Å². The zero-order valence-corrected chi connectivity index (χ0v) is 23.9. The number of piperidine rings is 1. The Bertz CT molecular complexity index is 1660. The summed E-state index contributed by atoms with van der Waals surface area (Å²) in [6.45, 7) is 4.62. The molecule has 3 aliphatic heterocycles. The van der Waals surface area contributed by atoms with E-state index in [0.717, 1.165) is 30.5 Å². The molecule has 0 bridgehead atoms. The third-order valence-corrected chi connectivity index (χ3v) is 9.02. The van der Waals surface area contributed by atoms with Crippen molar-refractivity contribution in [3.05, 3.63) is 106 Å². The number of morpholine rings is 1. The highest BCUT2D eigenvalue weighted by Crippen LogP contribution is 2.44. The van der Waals surface area contributed by atoms with Crippen molar-refractivity contribution in [3.8, 4) is 0 Å². The van der Waals surface area contributed by atoms with Crippen LogP contribution in [0, 0.1) is 5.82 Å². The molecule has 4 aromatic rings. The van der Waals surface area contributed by atoms with Gasteiger partial charge in [0, 0.05) is 67.7 Å². The van der Waals surface area contributed by atoms with Crippen LogP contribution in [0.2, 0.25) is 5.02 Å². The summed E-state index contributed by atoms with van der Waals surface area (Å²) in [7, 11) is 0.